The summed E-state index contributed by atoms with van der Waals surface area (Å²) in [7, 11) is 0. The van der Waals surface area contributed by atoms with Gasteiger partial charge in [-0.2, -0.15) is 5.10 Å². The molecule has 0 saturated carbocycles. The Kier molecular flexibility index (Phi) is 3.84. The van der Waals surface area contributed by atoms with Crippen molar-refractivity contribution in [2.24, 2.45) is 0 Å². The SMILES string of the molecule is O=C(c1csc(-c2cn[nH]c2)c1)N1[C@@H]2CC[C@H]1CC(O)(c1ncccn1)C2. The van der Waals surface area contributed by atoms with Gasteiger partial charge in [0.1, 0.15) is 5.60 Å². The molecule has 138 valence electrons. The molecule has 3 atom stereocenters. The van der Waals surface area contributed by atoms with Gasteiger partial charge in [0, 0.05) is 59.3 Å². The summed E-state index contributed by atoms with van der Waals surface area (Å²) in [5.74, 6) is 0.510. The number of aromatic nitrogens is 4. The Hall–Kier alpha value is -2.58. The largest absolute Gasteiger partial charge is 0.382 e. The van der Waals surface area contributed by atoms with Gasteiger partial charge in [-0.25, -0.2) is 9.97 Å². The fraction of sp³-hybridized carbons (Fsp3) is 0.368. The Morgan fingerprint density at radius 3 is 2.67 bits per heavy atom. The minimum atomic E-state index is -1.06. The van der Waals surface area contributed by atoms with E-state index < -0.39 is 5.60 Å². The lowest BCUT2D eigenvalue weighted by Gasteiger charge is -2.42. The van der Waals surface area contributed by atoms with E-state index >= 15 is 0 Å². The van der Waals surface area contributed by atoms with E-state index in [4.69, 9.17) is 0 Å². The summed E-state index contributed by atoms with van der Waals surface area (Å²) in [4.78, 5) is 24.7. The Morgan fingerprint density at radius 1 is 1.26 bits per heavy atom. The summed E-state index contributed by atoms with van der Waals surface area (Å²) in [6, 6.07) is 3.71. The van der Waals surface area contributed by atoms with Gasteiger partial charge in [0.15, 0.2) is 5.82 Å². The third-order valence-electron chi connectivity index (χ3n) is 5.61. The maximum atomic E-state index is 13.2. The smallest absolute Gasteiger partial charge is 0.255 e. The first-order valence-electron chi connectivity index (χ1n) is 9.04. The number of aliphatic hydroxyl groups is 1. The van der Waals surface area contributed by atoms with E-state index in [2.05, 4.69) is 20.2 Å². The molecule has 2 aliphatic rings. The molecular weight excluding hydrogens is 362 g/mol. The average Bonchev–Trinajstić information content (AvgIpc) is 3.41. The maximum Gasteiger partial charge on any atom is 0.255 e. The number of hydrogen-bond acceptors (Lipinski definition) is 6. The van der Waals surface area contributed by atoms with Crippen LogP contribution in [-0.4, -0.2) is 48.2 Å². The summed E-state index contributed by atoms with van der Waals surface area (Å²) in [6.07, 6.45) is 9.67. The number of hydrogen-bond donors (Lipinski definition) is 2. The van der Waals surface area contributed by atoms with Crippen LogP contribution in [0.5, 0.6) is 0 Å². The van der Waals surface area contributed by atoms with Gasteiger partial charge in [0.25, 0.3) is 5.91 Å². The molecule has 2 bridgehead atoms. The first-order valence-corrected chi connectivity index (χ1v) is 9.92. The highest BCUT2D eigenvalue weighted by Crippen LogP contribution is 2.45. The van der Waals surface area contributed by atoms with Crippen molar-refractivity contribution in [1.82, 2.24) is 25.1 Å². The summed E-state index contributed by atoms with van der Waals surface area (Å²) >= 11 is 1.54. The summed E-state index contributed by atoms with van der Waals surface area (Å²) in [6.45, 7) is 0. The van der Waals surface area contributed by atoms with Crippen LogP contribution in [0.3, 0.4) is 0 Å². The first-order chi connectivity index (χ1) is 13.1. The van der Waals surface area contributed by atoms with E-state index in [0.717, 1.165) is 23.3 Å². The number of thiophene rings is 1. The highest BCUT2D eigenvalue weighted by atomic mass is 32.1. The molecule has 0 spiro atoms. The van der Waals surface area contributed by atoms with Crippen LogP contribution in [0, 0.1) is 0 Å². The van der Waals surface area contributed by atoms with Crippen molar-refractivity contribution in [3.8, 4) is 10.4 Å². The van der Waals surface area contributed by atoms with E-state index in [9.17, 15) is 9.90 Å². The van der Waals surface area contributed by atoms with Crippen molar-refractivity contribution in [3.63, 3.8) is 0 Å². The standard InChI is InChI=1S/C19H19N5O2S/c25-17(12-6-16(27-11-12)13-9-22-23-10-13)24-14-2-3-15(24)8-19(26,7-14)18-20-4-1-5-21-18/h1,4-6,9-11,14-15,26H,2-3,7-8H2,(H,22,23)/t14-,15+,19?. The molecule has 2 fully saturated rings. The summed E-state index contributed by atoms with van der Waals surface area (Å²) in [5.41, 5.74) is 0.631. The molecule has 0 aliphatic carbocycles. The lowest BCUT2D eigenvalue weighted by atomic mass is 9.85. The topological polar surface area (TPSA) is 95.0 Å². The highest BCUT2D eigenvalue weighted by molar-refractivity contribution is 7.13. The van der Waals surface area contributed by atoms with Gasteiger partial charge in [-0.3, -0.25) is 9.89 Å². The minimum absolute atomic E-state index is 0.0160. The van der Waals surface area contributed by atoms with Gasteiger partial charge in [0.2, 0.25) is 0 Å². The second-order valence-corrected chi connectivity index (χ2v) is 8.21. The second kappa shape index (κ2) is 6.24. The number of piperidine rings is 1. The molecule has 1 amide bonds. The third-order valence-corrected chi connectivity index (χ3v) is 6.59. The number of nitrogens with one attached hydrogen (secondary N) is 1. The van der Waals surface area contributed by atoms with E-state index in [1.165, 1.54) is 0 Å². The molecule has 5 heterocycles. The molecule has 8 heteroatoms. The lowest BCUT2D eigenvalue weighted by Crippen LogP contribution is -2.52. The van der Waals surface area contributed by atoms with E-state index in [1.54, 1.807) is 36.0 Å². The fourth-order valence-corrected chi connectivity index (χ4v) is 5.28. The van der Waals surface area contributed by atoms with Crippen molar-refractivity contribution in [2.75, 3.05) is 0 Å². The van der Waals surface area contributed by atoms with Crippen LogP contribution in [-0.2, 0) is 5.60 Å². The number of fused-ring (bicyclic) bond motifs is 2. The molecule has 2 N–H and O–H groups in total. The highest BCUT2D eigenvalue weighted by Gasteiger charge is 2.51. The molecular formula is C19H19N5O2S. The van der Waals surface area contributed by atoms with Gasteiger partial charge in [-0.05, 0) is 25.0 Å². The van der Waals surface area contributed by atoms with Crippen molar-refractivity contribution in [2.45, 2.75) is 43.4 Å². The monoisotopic (exact) mass is 381 g/mol. The Bertz CT molecular complexity index is 942. The molecule has 3 aromatic rings. The molecule has 7 nitrogen and oxygen atoms in total. The van der Waals surface area contributed by atoms with Crippen LogP contribution >= 0.6 is 11.3 Å². The lowest BCUT2D eigenvalue weighted by molar-refractivity contribution is -0.0539. The molecule has 5 rings (SSSR count). The number of aromatic amines is 1. The van der Waals surface area contributed by atoms with Gasteiger partial charge in [-0.15, -0.1) is 11.3 Å². The van der Waals surface area contributed by atoms with Gasteiger partial charge >= 0.3 is 0 Å². The third kappa shape index (κ3) is 2.76. The number of amides is 1. The van der Waals surface area contributed by atoms with E-state index in [1.807, 2.05) is 22.5 Å². The van der Waals surface area contributed by atoms with Gasteiger partial charge in [-0.1, -0.05) is 0 Å². The van der Waals surface area contributed by atoms with Gasteiger partial charge in [0.05, 0.1) is 11.8 Å². The molecule has 3 aromatic heterocycles. The van der Waals surface area contributed by atoms with Crippen molar-refractivity contribution in [3.05, 3.63) is 53.7 Å². The predicted molar refractivity (Wildman–Crippen MR) is 100 cm³/mol. The van der Waals surface area contributed by atoms with Crippen molar-refractivity contribution in [1.29, 1.82) is 0 Å². The normalized spacial score (nSPS) is 27.1. The molecule has 0 radical (unpaired) electrons. The van der Waals surface area contributed by atoms with Gasteiger partial charge < -0.3 is 10.0 Å². The Morgan fingerprint density at radius 2 is 2.00 bits per heavy atom. The van der Waals surface area contributed by atoms with Crippen LogP contribution in [0.4, 0.5) is 0 Å². The second-order valence-electron chi connectivity index (χ2n) is 7.30. The number of carbonyl (C=O) groups excluding carboxylic acids is 1. The number of carbonyl (C=O) groups is 1. The average molecular weight is 381 g/mol. The Labute approximate surface area is 160 Å². The van der Waals surface area contributed by atoms with Crippen LogP contribution in [0.15, 0.2) is 42.3 Å². The van der Waals surface area contributed by atoms with Crippen LogP contribution in [0.1, 0.15) is 41.9 Å². The summed E-state index contributed by atoms with van der Waals surface area (Å²) in [5, 5.41) is 19.8. The molecule has 0 aromatic carbocycles. The number of rotatable bonds is 3. The first kappa shape index (κ1) is 16.6. The number of H-pyrrole nitrogens is 1. The van der Waals surface area contributed by atoms with Crippen LogP contribution in [0.25, 0.3) is 10.4 Å². The quantitative estimate of drug-likeness (QED) is 0.727. The number of nitrogens with zero attached hydrogens (tertiary/aromatic N) is 4. The van der Waals surface area contributed by atoms with Crippen LogP contribution < -0.4 is 0 Å². The predicted octanol–water partition coefficient (Wildman–Crippen LogP) is 2.58. The van der Waals surface area contributed by atoms with Crippen molar-refractivity contribution >= 4 is 17.2 Å². The zero-order valence-corrected chi connectivity index (χ0v) is 15.4. The fourth-order valence-electron chi connectivity index (χ4n) is 4.41. The minimum Gasteiger partial charge on any atom is -0.382 e. The maximum absolute atomic E-state index is 13.2. The van der Waals surface area contributed by atoms with Crippen LogP contribution in [0.2, 0.25) is 0 Å². The Balaban J connectivity index is 1.39. The van der Waals surface area contributed by atoms with E-state index in [-0.39, 0.29) is 18.0 Å². The zero-order chi connectivity index (χ0) is 18.4. The van der Waals surface area contributed by atoms with Crippen molar-refractivity contribution < 1.29 is 9.90 Å². The van der Waals surface area contributed by atoms with E-state index in [0.29, 0.717) is 24.2 Å². The zero-order valence-electron chi connectivity index (χ0n) is 14.6. The molecule has 2 saturated heterocycles. The molecule has 2 aliphatic heterocycles. The molecule has 1 unspecified atom stereocenters. The molecule has 27 heavy (non-hydrogen) atoms. The summed E-state index contributed by atoms with van der Waals surface area (Å²) < 4.78 is 0.